The molecule has 0 unspecified atom stereocenters. The van der Waals surface area contributed by atoms with Crippen molar-refractivity contribution in [2.24, 2.45) is 0 Å². The van der Waals surface area contributed by atoms with Crippen LogP contribution >= 0.6 is 11.6 Å². The summed E-state index contributed by atoms with van der Waals surface area (Å²) in [5.74, 6) is -0.414. The highest BCUT2D eigenvalue weighted by atomic mass is 35.5. The summed E-state index contributed by atoms with van der Waals surface area (Å²) in [5, 5.41) is 9.25. The van der Waals surface area contributed by atoms with E-state index in [2.05, 4.69) is 10.9 Å². The van der Waals surface area contributed by atoms with Crippen molar-refractivity contribution in [1.82, 2.24) is 5.43 Å². The summed E-state index contributed by atoms with van der Waals surface area (Å²) in [6.45, 7) is 0. The third-order valence-corrected chi connectivity index (χ3v) is 1.60. The molecule has 0 spiro atoms. The Hall–Kier alpha value is -1.42. The molecule has 3 N–H and O–H groups in total. The zero-order valence-corrected chi connectivity index (χ0v) is 7.51. The second-order valence-corrected chi connectivity index (χ2v) is 2.59. The average molecular weight is 201 g/mol. The van der Waals surface area contributed by atoms with E-state index in [9.17, 15) is 9.90 Å². The molecule has 0 aliphatic carbocycles. The Morgan fingerprint density at radius 2 is 2.15 bits per heavy atom. The van der Waals surface area contributed by atoms with Crippen LogP contribution in [0.1, 0.15) is 0 Å². The first-order chi connectivity index (χ1) is 6.24. The molecule has 0 radical (unpaired) electrons. The number of rotatable bonds is 3. The molecular formula is C8H9ClN2O2. The number of nitrogens with one attached hydrogen (secondary N) is 2. The minimum Gasteiger partial charge on any atom is -0.506 e. The van der Waals surface area contributed by atoms with Gasteiger partial charge < -0.3 is 5.11 Å². The molecule has 1 rings (SSSR count). The van der Waals surface area contributed by atoms with Gasteiger partial charge in [0.2, 0.25) is 0 Å². The quantitative estimate of drug-likeness (QED) is 0.389. The molecule has 1 aromatic carbocycles. The van der Waals surface area contributed by atoms with Gasteiger partial charge in [0.1, 0.15) is 11.6 Å². The van der Waals surface area contributed by atoms with Crippen LogP contribution in [0, 0.1) is 0 Å². The maximum absolute atomic E-state index is 10.7. The van der Waals surface area contributed by atoms with Gasteiger partial charge in [-0.2, -0.15) is 0 Å². The molecule has 0 fully saturated rings. The van der Waals surface area contributed by atoms with Crippen molar-refractivity contribution in [3.05, 3.63) is 24.3 Å². The molecule has 0 saturated heterocycles. The summed E-state index contributed by atoms with van der Waals surface area (Å²) in [7, 11) is 0. The molecule has 13 heavy (non-hydrogen) atoms. The first-order valence-corrected chi connectivity index (χ1v) is 4.16. The number of halogens is 1. The van der Waals surface area contributed by atoms with E-state index in [4.69, 9.17) is 11.6 Å². The lowest BCUT2D eigenvalue weighted by Crippen LogP contribution is -2.30. The normalized spacial score (nSPS) is 9.31. The maximum Gasteiger partial charge on any atom is 0.253 e. The van der Waals surface area contributed by atoms with Crippen molar-refractivity contribution in [2.45, 2.75) is 0 Å². The van der Waals surface area contributed by atoms with Gasteiger partial charge in [-0.05, 0) is 12.1 Å². The highest BCUT2D eigenvalue weighted by Crippen LogP contribution is 2.20. The zero-order chi connectivity index (χ0) is 9.68. The molecule has 5 heteroatoms. The van der Waals surface area contributed by atoms with E-state index in [0.29, 0.717) is 5.69 Å². The van der Waals surface area contributed by atoms with E-state index < -0.39 is 0 Å². The van der Waals surface area contributed by atoms with Gasteiger partial charge in [0, 0.05) is 0 Å². The lowest BCUT2D eigenvalue weighted by atomic mass is 10.3. The Morgan fingerprint density at radius 3 is 2.77 bits per heavy atom. The SMILES string of the molecule is O=C(CCl)NNc1ccccc1O. The molecule has 0 heterocycles. The number of hydrogen-bond donors (Lipinski definition) is 3. The maximum atomic E-state index is 10.7. The number of hydrazine groups is 1. The van der Waals surface area contributed by atoms with E-state index in [1.165, 1.54) is 6.07 Å². The topological polar surface area (TPSA) is 61.4 Å². The van der Waals surface area contributed by atoms with Gasteiger partial charge in [0.05, 0.1) is 5.69 Å². The minimum absolute atomic E-state index is 0.0670. The first kappa shape index (κ1) is 9.67. The summed E-state index contributed by atoms with van der Waals surface area (Å²) in [5.41, 5.74) is 5.27. The molecule has 0 aliphatic rings. The van der Waals surface area contributed by atoms with E-state index >= 15 is 0 Å². The molecule has 0 aliphatic heterocycles. The Morgan fingerprint density at radius 1 is 1.46 bits per heavy atom. The summed E-state index contributed by atoms with van der Waals surface area (Å²) < 4.78 is 0. The highest BCUT2D eigenvalue weighted by Gasteiger charge is 2.00. The monoisotopic (exact) mass is 200 g/mol. The van der Waals surface area contributed by atoms with Gasteiger partial charge >= 0.3 is 0 Å². The van der Waals surface area contributed by atoms with Crippen LogP contribution in [0.5, 0.6) is 5.75 Å². The molecule has 0 saturated carbocycles. The van der Waals surface area contributed by atoms with Crippen LogP contribution in [-0.4, -0.2) is 16.9 Å². The van der Waals surface area contributed by atoms with E-state index in [1.807, 2.05) is 0 Å². The van der Waals surface area contributed by atoms with Crippen LogP contribution < -0.4 is 10.9 Å². The molecule has 0 atom stereocenters. The van der Waals surface area contributed by atoms with Crippen molar-refractivity contribution in [1.29, 1.82) is 0 Å². The number of benzene rings is 1. The number of anilines is 1. The third-order valence-electron chi connectivity index (χ3n) is 1.36. The smallest absolute Gasteiger partial charge is 0.253 e. The second kappa shape index (κ2) is 4.57. The first-order valence-electron chi connectivity index (χ1n) is 3.63. The standard InChI is InChI=1S/C8H9ClN2O2/c9-5-8(13)11-10-6-3-1-2-4-7(6)12/h1-4,10,12H,5H2,(H,11,13). The van der Waals surface area contributed by atoms with Gasteiger partial charge in [-0.3, -0.25) is 15.6 Å². The molecule has 1 aromatic rings. The number of para-hydroxylation sites is 2. The lowest BCUT2D eigenvalue weighted by molar-refractivity contribution is -0.118. The number of phenols is 1. The van der Waals surface area contributed by atoms with Crippen LogP contribution in [0.3, 0.4) is 0 Å². The molecule has 0 bridgehead atoms. The largest absolute Gasteiger partial charge is 0.506 e. The number of carbonyl (C=O) groups is 1. The number of aromatic hydroxyl groups is 1. The van der Waals surface area contributed by atoms with Crippen molar-refractivity contribution in [2.75, 3.05) is 11.3 Å². The van der Waals surface area contributed by atoms with Crippen molar-refractivity contribution in [3.63, 3.8) is 0 Å². The Balaban J connectivity index is 2.54. The average Bonchev–Trinajstić information content (AvgIpc) is 2.16. The molecule has 70 valence electrons. The number of carbonyl (C=O) groups excluding carboxylic acids is 1. The van der Waals surface area contributed by atoms with Crippen LogP contribution in [0.2, 0.25) is 0 Å². The summed E-state index contributed by atoms with van der Waals surface area (Å²) >= 11 is 5.24. The Bertz CT molecular complexity index is 304. The summed E-state index contributed by atoms with van der Waals surface area (Å²) in [6, 6.07) is 6.55. The lowest BCUT2D eigenvalue weighted by Gasteiger charge is -2.07. The number of alkyl halides is 1. The third kappa shape index (κ3) is 2.83. The van der Waals surface area contributed by atoms with Gasteiger partial charge in [-0.25, -0.2) is 0 Å². The predicted octanol–water partition coefficient (Wildman–Crippen LogP) is 1.07. The van der Waals surface area contributed by atoms with E-state index in [0.717, 1.165) is 0 Å². The zero-order valence-electron chi connectivity index (χ0n) is 6.75. The predicted molar refractivity (Wildman–Crippen MR) is 50.6 cm³/mol. The fraction of sp³-hybridized carbons (Fsp3) is 0.125. The summed E-state index contributed by atoms with van der Waals surface area (Å²) in [4.78, 5) is 10.7. The van der Waals surface area contributed by atoms with Crippen molar-refractivity contribution >= 4 is 23.2 Å². The van der Waals surface area contributed by atoms with Gasteiger partial charge in [0.15, 0.2) is 0 Å². The fourth-order valence-corrected chi connectivity index (χ4v) is 0.817. The minimum atomic E-state index is -0.357. The van der Waals surface area contributed by atoms with Gasteiger partial charge in [-0.1, -0.05) is 12.1 Å². The van der Waals surface area contributed by atoms with Crippen molar-refractivity contribution in [3.8, 4) is 5.75 Å². The van der Waals surface area contributed by atoms with Gasteiger partial charge in [0.25, 0.3) is 5.91 Å². The number of phenolic OH excluding ortho intramolecular Hbond substituents is 1. The Labute approximate surface area is 80.5 Å². The van der Waals surface area contributed by atoms with Crippen LogP contribution in [0.4, 0.5) is 5.69 Å². The van der Waals surface area contributed by atoms with E-state index in [1.54, 1.807) is 18.2 Å². The number of amides is 1. The summed E-state index contributed by atoms with van der Waals surface area (Å²) in [6.07, 6.45) is 0. The molecule has 1 amide bonds. The van der Waals surface area contributed by atoms with Crippen molar-refractivity contribution < 1.29 is 9.90 Å². The molecule has 4 nitrogen and oxygen atoms in total. The number of hydrogen-bond acceptors (Lipinski definition) is 3. The molecule has 0 aromatic heterocycles. The van der Waals surface area contributed by atoms with E-state index in [-0.39, 0.29) is 17.5 Å². The highest BCUT2D eigenvalue weighted by molar-refractivity contribution is 6.27. The fourth-order valence-electron chi connectivity index (χ4n) is 0.750. The van der Waals surface area contributed by atoms with Gasteiger partial charge in [-0.15, -0.1) is 11.6 Å². The van der Waals surface area contributed by atoms with Crippen LogP contribution in [0.25, 0.3) is 0 Å². The Kier molecular flexibility index (Phi) is 3.40. The molecular weight excluding hydrogens is 192 g/mol. The van der Waals surface area contributed by atoms with Crippen LogP contribution in [0.15, 0.2) is 24.3 Å². The second-order valence-electron chi connectivity index (χ2n) is 2.32. The van der Waals surface area contributed by atoms with Crippen LogP contribution in [-0.2, 0) is 4.79 Å².